The van der Waals surface area contributed by atoms with E-state index in [-0.39, 0.29) is 11.9 Å². The number of hydrogen-bond donors (Lipinski definition) is 2. The van der Waals surface area contributed by atoms with E-state index in [0.29, 0.717) is 32.0 Å². The average molecular weight is 283 g/mol. The Morgan fingerprint density at radius 2 is 1.85 bits per heavy atom. The van der Waals surface area contributed by atoms with Crippen LogP contribution in [0.4, 0.5) is 4.79 Å². The van der Waals surface area contributed by atoms with E-state index < -0.39 is 5.97 Å². The lowest BCUT2D eigenvalue weighted by molar-refractivity contribution is -0.143. The van der Waals surface area contributed by atoms with E-state index in [1.165, 1.54) is 6.42 Å². The maximum absolute atomic E-state index is 12.2. The Kier molecular flexibility index (Phi) is 5.23. The molecule has 2 amide bonds. The van der Waals surface area contributed by atoms with E-state index in [1.54, 1.807) is 4.90 Å². The van der Waals surface area contributed by atoms with Gasteiger partial charge in [0.15, 0.2) is 0 Å². The molecule has 0 bridgehead atoms. The summed E-state index contributed by atoms with van der Waals surface area (Å²) in [6.07, 6.45) is 5.64. The molecule has 2 fully saturated rings. The molecular weight excluding hydrogens is 258 g/mol. The van der Waals surface area contributed by atoms with Crippen LogP contribution in [0.15, 0.2) is 0 Å². The number of hydrogen-bond acceptors (Lipinski definition) is 3. The van der Waals surface area contributed by atoms with Crippen LogP contribution in [0.2, 0.25) is 0 Å². The van der Waals surface area contributed by atoms with Crippen molar-refractivity contribution in [3.05, 3.63) is 0 Å². The Balaban J connectivity index is 1.81. The molecule has 0 spiro atoms. The van der Waals surface area contributed by atoms with E-state index in [4.69, 9.17) is 5.11 Å². The number of nitrogens with one attached hydrogen (secondary N) is 1. The van der Waals surface area contributed by atoms with Gasteiger partial charge in [0.25, 0.3) is 0 Å². The van der Waals surface area contributed by atoms with Crippen molar-refractivity contribution < 1.29 is 14.7 Å². The summed E-state index contributed by atoms with van der Waals surface area (Å²) < 4.78 is 0. The number of nitrogens with zero attached hydrogens (tertiary/aromatic N) is 2. The highest BCUT2D eigenvalue weighted by atomic mass is 16.4. The Morgan fingerprint density at radius 1 is 1.15 bits per heavy atom. The minimum Gasteiger partial charge on any atom is -0.481 e. The number of rotatable bonds is 3. The fourth-order valence-corrected chi connectivity index (χ4v) is 3.10. The number of carbonyl (C=O) groups excluding carboxylic acids is 1. The number of carbonyl (C=O) groups is 2. The number of piperidine rings is 2. The largest absolute Gasteiger partial charge is 0.481 e. The van der Waals surface area contributed by atoms with E-state index in [1.807, 2.05) is 0 Å². The molecule has 1 atom stereocenters. The fourth-order valence-electron chi connectivity index (χ4n) is 3.10. The maximum Gasteiger partial charge on any atom is 0.331 e. The zero-order valence-corrected chi connectivity index (χ0v) is 12.2. The molecule has 2 aliphatic rings. The van der Waals surface area contributed by atoms with Gasteiger partial charge >= 0.3 is 12.0 Å². The summed E-state index contributed by atoms with van der Waals surface area (Å²) in [5.41, 5.74) is 3.01. The summed E-state index contributed by atoms with van der Waals surface area (Å²) in [6, 6.07) is 0.360. The first-order chi connectivity index (χ1) is 9.61. The quantitative estimate of drug-likeness (QED) is 0.826. The highest BCUT2D eigenvalue weighted by Gasteiger charge is 2.29. The summed E-state index contributed by atoms with van der Waals surface area (Å²) in [6.45, 7) is 4.13. The van der Waals surface area contributed by atoms with Crippen molar-refractivity contribution in [1.29, 1.82) is 0 Å². The monoisotopic (exact) mass is 283 g/mol. The van der Waals surface area contributed by atoms with Crippen molar-refractivity contribution >= 4 is 12.0 Å². The summed E-state index contributed by atoms with van der Waals surface area (Å²) in [4.78, 5) is 24.9. The predicted octanol–water partition coefficient (Wildman–Crippen LogP) is 1.67. The van der Waals surface area contributed by atoms with Crippen LogP contribution < -0.4 is 5.43 Å². The third-order valence-electron chi connectivity index (χ3n) is 4.47. The van der Waals surface area contributed by atoms with Crippen molar-refractivity contribution in [1.82, 2.24) is 15.3 Å². The lowest BCUT2D eigenvalue weighted by Crippen LogP contribution is -2.55. The summed E-state index contributed by atoms with van der Waals surface area (Å²) in [5, 5.41) is 11.0. The van der Waals surface area contributed by atoms with Crippen molar-refractivity contribution in [2.75, 3.05) is 19.6 Å². The zero-order chi connectivity index (χ0) is 14.5. The second kappa shape index (κ2) is 6.92. The molecule has 2 rings (SSSR count). The van der Waals surface area contributed by atoms with Gasteiger partial charge in [0.1, 0.15) is 0 Å². The lowest BCUT2D eigenvalue weighted by atomic mass is 9.97. The van der Waals surface area contributed by atoms with Crippen LogP contribution in [0.25, 0.3) is 0 Å². The average Bonchev–Trinajstić information content (AvgIpc) is 2.48. The van der Waals surface area contributed by atoms with Gasteiger partial charge in [0, 0.05) is 25.7 Å². The van der Waals surface area contributed by atoms with E-state index in [9.17, 15) is 9.59 Å². The van der Waals surface area contributed by atoms with Crippen molar-refractivity contribution in [3.8, 4) is 0 Å². The van der Waals surface area contributed by atoms with Gasteiger partial charge in [-0.2, -0.15) is 0 Å². The Labute approximate surface area is 120 Å². The number of carboxylic acids is 1. The normalized spacial score (nSPS) is 25.4. The summed E-state index contributed by atoms with van der Waals surface area (Å²) in [5.74, 6) is -1.04. The number of hydrazine groups is 1. The van der Waals surface area contributed by atoms with Crippen LogP contribution >= 0.6 is 0 Å². The van der Waals surface area contributed by atoms with E-state index in [2.05, 4.69) is 17.4 Å². The molecule has 2 N–H and O–H groups in total. The minimum absolute atomic E-state index is 0.0748. The predicted molar refractivity (Wildman–Crippen MR) is 75.1 cm³/mol. The van der Waals surface area contributed by atoms with Gasteiger partial charge in [-0.25, -0.2) is 9.80 Å². The van der Waals surface area contributed by atoms with Crippen LogP contribution in [0.1, 0.15) is 45.4 Å². The molecule has 2 aliphatic heterocycles. The number of likely N-dealkylation sites (tertiary alicyclic amines) is 1. The number of amides is 2. The Bertz CT molecular complexity index is 354. The fraction of sp³-hybridized carbons (Fsp3) is 0.857. The number of carboxylic acid groups (broad SMARTS) is 1. The van der Waals surface area contributed by atoms with Gasteiger partial charge in [0.05, 0.1) is 5.92 Å². The highest BCUT2D eigenvalue weighted by Crippen LogP contribution is 2.19. The van der Waals surface area contributed by atoms with Crippen LogP contribution in [0.5, 0.6) is 0 Å². The molecule has 0 aromatic heterocycles. The molecule has 114 valence electrons. The molecule has 6 nitrogen and oxygen atoms in total. The molecule has 20 heavy (non-hydrogen) atoms. The molecule has 0 aromatic rings. The standard InChI is InChI=1S/C14H25N3O3/c1-2-12-5-3-4-8-17(12)15-14(20)16-9-6-11(7-10-16)13(18)19/h11-12H,2-10H2,1H3,(H,15,20)(H,18,19). The molecule has 0 radical (unpaired) electrons. The van der Waals surface area contributed by atoms with Crippen LogP contribution in [-0.2, 0) is 4.79 Å². The smallest absolute Gasteiger partial charge is 0.331 e. The summed E-state index contributed by atoms with van der Waals surface area (Å²) >= 11 is 0. The zero-order valence-electron chi connectivity index (χ0n) is 12.2. The van der Waals surface area contributed by atoms with Gasteiger partial charge < -0.3 is 10.0 Å². The third kappa shape index (κ3) is 3.62. The van der Waals surface area contributed by atoms with Gasteiger partial charge in [0.2, 0.25) is 0 Å². The van der Waals surface area contributed by atoms with E-state index in [0.717, 1.165) is 25.8 Å². The minimum atomic E-state index is -0.743. The van der Waals surface area contributed by atoms with Gasteiger partial charge in [-0.05, 0) is 32.1 Å². The van der Waals surface area contributed by atoms with Gasteiger partial charge in [-0.15, -0.1) is 0 Å². The third-order valence-corrected chi connectivity index (χ3v) is 4.47. The Morgan fingerprint density at radius 3 is 2.45 bits per heavy atom. The number of urea groups is 1. The highest BCUT2D eigenvalue weighted by molar-refractivity contribution is 5.75. The second-order valence-electron chi connectivity index (χ2n) is 5.77. The van der Waals surface area contributed by atoms with E-state index >= 15 is 0 Å². The maximum atomic E-state index is 12.2. The molecule has 6 heteroatoms. The summed E-state index contributed by atoms with van der Waals surface area (Å²) in [7, 11) is 0. The molecular formula is C14H25N3O3. The van der Waals surface area contributed by atoms with Gasteiger partial charge in [-0.3, -0.25) is 10.2 Å². The first-order valence-corrected chi connectivity index (χ1v) is 7.66. The first kappa shape index (κ1) is 15.1. The topological polar surface area (TPSA) is 72.9 Å². The molecule has 1 unspecified atom stereocenters. The van der Waals surface area contributed by atoms with Crippen molar-refractivity contribution in [2.24, 2.45) is 5.92 Å². The molecule has 0 saturated carbocycles. The molecule has 2 saturated heterocycles. The molecule has 2 heterocycles. The van der Waals surface area contributed by atoms with Crippen LogP contribution in [0, 0.1) is 5.92 Å². The number of aliphatic carboxylic acids is 1. The lowest BCUT2D eigenvalue weighted by Gasteiger charge is -2.38. The Hall–Kier alpha value is -1.30. The first-order valence-electron chi connectivity index (χ1n) is 7.66. The van der Waals surface area contributed by atoms with Crippen LogP contribution in [-0.4, -0.2) is 52.7 Å². The molecule has 0 aliphatic carbocycles. The second-order valence-corrected chi connectivity index (χ2v) is 5.77. The van der Waals surface area contributed by atoms with Crippen molar-refractivity contribution in [3.63, 3.8) is 0 Å². The molecule has 0 aromatic carbocycles. The van der Waals surface area contributed by atoms with Crippen molar-refractivity contribution in [2.45, 2.75) is 51.5 Å². The van der Waals surface area contributed by atoms with Gasteiger partial charge in [-0.1, -0.05) is 13.3 Å². The SMILES string of the molecule is CCC1CCCCN1NC(=O)N1CCC(C(=O)O)CC1. The van der Waals surface area contributed by atoms with Crippen LogP contribution in [0.3, 0.4) is 0 Å².